The van der Waals surface area contributed by atoms with Crippen molar-refractivity contribution in [1.29, 1.82) is 0 Å². The number of rotatable bonds is 2. The maximum Gasteiger partial charge on any atom is 0.182 e. The third-order valence-corrected chi connectivity index (χ3v) is 3.78. The van der Waals surface area contributed by atoms with Gasteiger partial charge in [0.25, 0.3) is 0 Å². The van der Waals surface area contributed by atoms with E-state index in [4.69, 9.17) is 0 Å². The Morgan fingerprint density at radius 2 is 2.06 bits per heavy atom. The Labute approximate surface area is 101 Å². The van der Waals surface area contributed by atoms with Crippen LogP contribution < -0.4 is 0 Å². The van der Waals surface area contributed by atoms with Crippen molar-refractivity contribution >= 4 is 5.78 Å². The van der Waals surface area contributed by atoms with Crippen LogP contribution in [0.1, 0.15) is 16.1 Å². The lowest BCUT2D eigenvalue weighted by Crippen LogP contribution is -2.63. The summed E-state index contributed by atoms with van der Waals surface area (Å²) in [6.07, 6.45) is 1.70. The predicted octanol–water partition coefficient (Wildman–Crippen LogP) is 0.573. The summed E-state index contributed by atoms with van der Waals surface area (Å²) >= 11 is 0. The maximum absolute atomic E-state index is 12.4. The number of hydrogen-bond donors (Lipinski definition) is 0. The number of ketones is 1. The van der Waals surface area contributed by atoms with Crippen molar-refractivity contribution in [3.63, 3.8) is 0 Å². The highest BCUT2D eigenvalue weighted by Crippen LogP contribution is 2.19. The van der Waals surface area contributed by atoms with Crippen molar-refractivity contribution in [2.45, 2.75) is 13.0 Å². The smallest absolute Gasteiger partial charge is 0.182 e. The highest BCUT2D eigenvalue weighted by Gasteiger charge is 2.36. The number of hydrogen-bond acceptors (Lipinski definition) is 4. The van der Waals surface area contributed by atoms with E-state index in [1.54, 1.807) is 6.20 Å². The molecule has 3 saturated heterocycles. The van der Waals surface area contributed by atoms with Crippen molar-refractivity contribution < 1.29 is 4.79 Å². The second-order valence-electron chi connectivity index (χ2n) is 4.90. The number of Topliss-reactive ketones (excluding diaryl/α,β-unsaturated/α-hetero) is 1. The van der Waals surface area contributed by atoms with Crippen LogP contribution in [0.15, 0.2) is 18.3 Å². The number of carbonyl (C=O) groups excluding carboxylic acids is 1. The maximum atomic E-state index is 12.4. The standard InChI is InChI=1S/C13H17N3O/c1-10-2-3-11(8-14-10)13(17)12-9-15-4-6-16(12)7-5-15/h2-3,8,12H,4-7,9H2,1H3. The zero-order valence-corrected chi connectivity index (χ0v) is 10.1. The van der Waals surface area contributed by atoms with E-state index < -0.39 is 0 Å². The molecule has 0 aromatic carbocycles. The van der Waals surface area contributed by atoms with Crippen LogP contribution in [-0.2, 0) is 0 Å². The minimum Gasteiger partial charge on any atom is -0.299 e. The first-order valence-corrected chi connectivity index (χ1v) is 6.17. The highest BCUT2D eigenvalue weighted by molar-refractivity contribution is 6.00. The molecule has 0 amide bonds. The number of carbonyl (C=O) groups is 1. The van der Waals surface area contributed by atoms with Gasteiger partial charge in [-0.05, 0) is 19.1 Å². The molecule has 3 fully saturated rings. The summed E-state index contributed by atoms with van der Waals surface area (Å²) in [5.74, 6) is 0.224. The molecular formula is C13H17N3O. The Hall–Kier alpha value is -1.26. The van der Waals surface area contributed by atoms with Crippen LogP contribution >= 0.6 is 0 Å². The SMILES string of the molecule is Cc1ccc(C(=O)C2CN3CCN2CC3)cn1. The molecule has 4 nitrogen and oxygen atoms in total. The second-order valence-corrected chi connectivity index (χ2v) is 4.90. The van der Waals surface area contributed by atoms with Gasteiger partial charge in [-0.25, -0.2) is 0 Å². The lowest BCUT2D eigenvalue weighted by Gasteiger charge is -2.46. The molecule has 4 rings (SSSR count). The zero-order chi connectivity index (χ0) is 11.8. The monoisotopic (exact) mass is 231 g/mol. The first-order valence-electron chi connectivity index (χ1n) is 6.17. The summed E-state index contributed by atoms with van der Waals surface area (Å²) in [7, 11) is 0. The molecule has 3 aliphatic rings. The Kier molecular flexibility index (Phi) is 2.68. The first-order chi connectivity index (χ1) is 8.24. The van der Waals surface area contributed by atoms with Gasteiger partial charge in [-0.1, -0.05) is 0 Å². The number of aryl methyl sites for hydroxylation is 1. The van der Waals surface area contributed by atoms with Gasteiger partial charge in [0, 0.05) is 50.2 Å². The topological polar surface area (TPSA) is 36.4 Å². The van der Waals surface area contributed by atoms with Gasteiger partial charge in [-0.15, -0.1) is 0 Å². The fourth-order valence-corrected chi connectivity index (χ4v) is 2.67. The van der Waals surface area contributed by atoms with E-state index in [-0.39, 0.29) is 11.8 Å². The summed E-state index contributed by atoms with van der Waals surface area (Å²) < 4.78 is 0. The molecule has 3 aliphatic heterocycles. The number of pyridine rings is 1. The van der Waals surface area contributed by atoms with Crippen molar-refractivity contribution in [2.24, 2.45) is 0 Å². The summed E-state index contributed by atoms with van der Waals surface area (Å²) in [6, 6.07) is 3.84. The molecule has 0 N–H and O–H groups in total. The molecule has 4 heterocycles. The quantitative estimate of drug-likeness (QED) is 0.697. The molecule has 0 aliphatic carbocycles. The first kappa shape index (κ1) is 10.9. The Balaban J connectivity index is 1.80. The zero-order valence-electron chi connectivity index (χ0n) is 10.1. The van der Waals surface area contributed by atoms with Gasteiger partial charge in [0.15, 0.2) is 5.78 Å². The molecule has 0 radical (unpaired) electrons. The summed E-state index contributed by atoms with van der Waals surface area (Å²) in [4.78, 5) is 21.3. The van der Waals surface area contributed by atoms with Crippen LogP contribution in [0.5, 0.6) is 0 Å². The molecule has 1 aromatic heterocycles. The molecule has 90 valence electrons. The minimum absolute atomic E-state index is 0.0435. The molecule has 4 heteroatoms. The molecule has 17 heavy (non-hydrogen) atoms. The molecule has 2 bridgehead atoms. The summed E-state index contributed by atoms with van der Waals surface area (Å²) in [5, 5.41) is 0. The molecule has 0 spiro atoms. The Morgan fingerprint density at radius 1 is 1.29 bits per heavy atom. The van der Waals surface area contributed by atoms with Gasteiger partial charge < -0.3 is 0 Å². The lowest BCUT2D eigenvalue weighted by molar-refractivity contribution is 0.0159. The summed E-state index contributed by atoms with van der Waals surface area (Å²) in [6.45, 7) is 7.08. The molecule has 0 saturated carbocycles. The number of aromatic nitrogens is 1. The van der Waals surface area contributed by atoms with Gasteiger partial charge in [-0.2, -0.15) is 0 Å². The van der Waals surface area contributed by atoms with Crippen LogP contribution in [-0.4, -0.2) is 59.3 Å². The minimum atomic E-state index is 0.0435. The molecular weight excluding hydrogens is 214 g/mol. The molecule has 1 aromatic rings. The van der Waals surface area contributed by atoms with Crippen LogP contribution in [0.3, 0.4) is 0 Å². The van der Waals surface area contributed by atoms with Crippen molar-refractivity contribution in [2.75, 3.05) is 32.7 Å². The fraction of sp³-hybridized carbons (Fsp3) is 0.538. The van der Waals surface area contributed by atoms with E-state index >= 15 is 0 Å². The molecule has 1 unspecified atom stereocenters. The number of nitrogens with zero attached hydrogens (tertiary/aromatic N) is 3. The normalized spacial score (nSPS) is 31.5. The van der Waals surface area contributed by atoms with E-state index in [0.29, 0.717) is 0 Å². The van der Waals surface area contributed by atoms with E-state index in [9.17, 15) is 4.79 Å². The van der Waals surface area contributed by atoms with E-state index in [1.165, 1.54) is 0 Å². The average molecular weight is 231 g/mol. The number of piperazine rings is 3. The van der Waals surface area contributed by atoms with Gasteiger partial charge in [0.2, 0.25) is 0 Å². The highest BCUT2D eigenvalue weighted by atomic mass is 16.1. The van der Waals surface area contributed by atoms with Gasteiger partial charge in [0.05, 0.1) is 6.04 Å². The largest absolute Gasteiger partial charge is 0.299 e. The summed E-state index contributed by atoms with van der Waals surface area (Å²) in [5.41, 5.74) is 1.70. The Morgan fingerprint density at radius 3 is 2.59 bits per heavy atom. The fourth-order valence-electron chi connectivity index (χ4n) is 2.67. The lowest BCUT2D eigenvalue weighted by atomic mass is 9.99. The van der Waals surface area contributed by atoms with Gasteiger partial charge >= 0.3 is 0 Å². The van der Waals surface area contributed by atoms with Crippen molar-refractivity contribution in [3.05, 3.63) is 29.6 Å². The Bertz CT molecular complexity index is 421. The van der Waals surface area contributed by atoms with E-state index in [0.717, 1.165) is 44.0 Å². The third-order valence-electron chi connectivity index (χ3n) is 3.78. The number of fused-ring (bicyclic) bond motifs is 3. The average Bonchev–Trinajstić information content (AvgIpc) is 2.40. The van der Waals surface area contributed by atoms with E-state index in [1.807, 2.05) is 19.1 Å². The van der Waals surface area contributed by atoms with E-state index in [2.05, 4.69) is 14.8 Å². The van der Waals surface area contributed by atoms with Gasteiger partial charge in [0.1, 0.15) is 0 Å². The van der Waals surface area contributed by atoms with Crippen LogP contribution in [0, 0.1) is 6.92 Å². The van der Waals surface area contributed by atoms with Crippen molar-refractivity contribution in [1.82, 2.24) is 14.8 Å². The van der Waals surface area contributed by atoms with Crippen molar-refractivity contribution in [3.8, 4) is 0 Å². The predicted molar refractivity (Wildman–Crippen MR) is 65.1 cm³/mol. The van der Waals surface area contributed by atoms with Crippen LogP contribution in [0.4, 0.5) is 0 Å². The second kappa shape index (κ2) is 4.20. The van der Waals surface area contributed by atoms with Crippen LogP contribution in [0.25, 0.3) is 0 Å². The molecule has 1 atom stereocenters. The van der Waals surface area contributed by atoms with Gasteiger partial charge in [-0.3, -0.25) is 19.6 Å². The van der Waals surface area contributed by atoms with Crippen LogP contribution in [0.2, 0.25) is 0 Å². The third kappa shape index (κ3) is 1.98.